The van der Waals surface area contributed by atoms with Crippen molar-refractivity contribution < 1.29 is 27.8 Å². The molecule has 1 aromatic rings. The number of sulfonamides is 1. The van der Waals surface area contributed by atoms with Gasteiger partial charge in [0.1, 0.15) is 6.54 Å². The molecule has 1 aliphatic carbocycles. The molecule has 8 heteroatoms. The van der Waals surface area contributed by atoms with Crippen molar-refractivity contribution in [3.05, 3.63) is 18.2 Å². The van der Waals surface area contributed by atoms with Crippen LogP contribution in [0.2, 0.25) is 0 Å². The molecule has 0 aromatic heterocycles. The minimum atomic E-state index is -3.94. The number of hydrogen-bond donors (Lipinski definition) is 1. The quantitative estimate of drug-likeness (QED) is 0.803. The van der Waals surface area contributed by atoms with Crippen LogP contribution >= 0.6 is 0 Å². The van der Waals surface area contributed by atoms with Crippen LogP contribution in [-0.2, 0) is 14.8 Å². The number of carboxylic acid groups (broad SMARTS) is 1. The fourth-order valence-electron chi connectivity index (χ4n) is 3.03. The molecular formula is C16H23NO6S. The van der Waals surface area contributed by atoms with Crippen LogP contribution in [0.5, 0.6) is 11.5 Å². The molecule has 0 amide bonds. The molecule has 0 spiro atoms. The van der Waals surface area contributed by atoms with Gasteiger partial charge in [0.2, 0.25) is 10.0 Å². The lowest BCUT2D eigenvalue weighted by Gasteiger charge is -2.32. The van der Waals surface area contributed by atoms with Crippen molar-refractivity contribution in [2.24, 2.45) is 0 Å². The zero-order valence-electron chi connectivity index (χ0n) is 13.9. The van der Waals surface area contributed by atoms with E-state index in [1.165, 1.54) is 32.4 Å². The Kier molecular flexibility index (Phi) is 6.06. The number of nitrogens with zero attached hydrogens (tertiary/aromatic N) is 1. The molecule has 0 atom stereocenters. The topological polar surface area (TPSA) is 93.1 Å². The number of rotatable bonds is 7. The first-order chi connectivity index (χ1) is 11.4. The van der Waals surface area contributed by atoms with Crippen molar-refractivity contribution in [3.63, 3.8) is 0 Å². The highest BCUT2D eigenvalue weighted by Gasteiger charge is 2.34. The summed E-state index contributed by atoms with van der Waals surface area (Å²) in [4.78, 5) is 11.2. The summed E-state index contributed by atoms with van der Waals surface area (Å²) < 4.78 is 37.4. The Morgan fingerprint density at radius 2 is 1.79 bits per heavy atom. The molecule has 0 radical (unpaired) electrons. The van der Waals surface area contributed by atoms with Crippen LogP contribution in [0.1, 0.15) is 32.1 Å². The van der Waals surface area contributed by atoms with Crippen molar-refractivity contribution in [2.45, 2.75) is 43.0 Å². The smallest absolute Gasteiger partial charge is 0.318 e. The number of aliphatic carboxylic acids is 1. The van der Waals surface area contributed by atoms with Gasteiger partial charge in [0, 0.05) is 12.1 Å². The Bertz CT molecular complexity index is 682. The molecule has 2 rings (SSSR count). The lowest BCUT2D eigenvalue weighted by Crippen LogP contribution is -2.44. The molecule has 0 bridgehead atoms. The standard InChI is InChI=1S/C16H23NO6S/c1-22-14-9-8-13(10-15(14)23-2)24(20,21)17(11-16(18)19)12-6-4-3-5-7-12/h8-10,12H,3-7,11H2,1-2H3,(H,18,19). The maximum absolute atomic E-state index is 13.0. The van der Waals surface area contributed by atoms with Gasteiger partial charge in [-0.3, -0.25) is 4.79 Å². The Hall–Kier alpha value is -1.80. The molecule has 134 valence electrons. The first-order valence-electron chi connectivity index (χ1n) is 7.86. The van der Waals surface area contributed by atoms with E-state index < -0.39 is 22.5 Å². The highest BCUT2D eigenvalue weighted by atomic mass is 32.2. The summed E-state index contributed by atoms with van der Waals surface area (Å²) in [6, 6.07) is 4.00. The van der Waals surface area contributed by atoms with Crippen molar-refractivity contribution in [2.75, 3.05) is 20.8 Å². The van der Waals surface area contributed by atoms with Gasteiger partial charge in [0.15, 0.2) is 11.5 Å². The Morgan fingerprint density at radius 1 is 1.17 bits per heavy atom. The third-order valence-corrected chi connectivity index (χ3v) is 6.13. The highest BCUT2D eigenvalue weighted by Crippen LogP contribution is 2.33. The molecule has 0 saturated heterocycles. The number of ether oxygens (including phenoxy) is 2. The average molecular weight is 357 g/mol. The molecule has 1 aromatic carbocycles. The number of carbonyl (C=O) groups is 1. The van der Waals surface area contributed by atoms with Crippen LogP contribution in [0.25, 0.3) is 0 Å². The minimum Gasteiger partial charge on any atom is -0.493 e. The molecule has 7 nitrogen and oxygen atoms in total. The van der Waals surface area contributed by atoms with E-state index >= 15 is 0 Å². The maximum atomic E-state index is 13.0. The summed E-state index contributed by atoms with van der Waals surface area (Å²) >= 11 is 0. The van der Waals surface area contributed by atoms with E-state index in [1.807, 2.05) is 0 Å². The van der Waals surface area contributed by atoms with Crippen molar-refractivity contribution in [3.8, 4) is 11.5 Å². The normalized spacial score (nSPS) is 16.1. The van der Waals surface area contributed by atoms with Crippen LogP contribution in [0.3, 0.4) is 0 Å². The third-order valence-electron chi connectivity index (χ3n) is 4.23. The molecule has 1 fully saturated rings. The van der Waals surface area contributed by atoms with Crippen LogP contribution in [-0.4, -0.2) is 50.6 Å². The van der Waals surface area contributed by atoms with Gasteiger partial charge < -0.3 is 14.6 Å². The SMILES string of the molecule is COc1ccc(S(=O)(=O)N(CC(=O)O)C2CCCCC2)cc1OC. The summed E-state index contributed by atoms with van der Waals surface area (Å²) in [6.07, 6.45) is 4.22. The summed E-state index contributed by atoms with van der Waals surface area (Å²) in [6.45, 7) is -0.540. The van der Waals surface area contributed by atoms with E-state index in [2.05, 4.69) is 0 Å². The Morgan fingerprint density at radius 3 is 2.33 bits per heavy atom. The van der Waals surface area contributed by atoms with Gasteiger partial charge in [-0.25, -0.2) is 8.42 Å². The van der Waals surface area contributed by atoms with Crippen LogP contribution in [0, 0.1) is 0 Å². The fourth-order valence-corrected chi connectivity index (χ4v) is 4.68. The first kappa shape index (κ1) is 18.5. The van der Waals surface area contributed by atoms with Gasteiger partial charge in [0.25, 0.3) is 0 Å². The second kappa shape index (κ2) is 7.85. The predicted molar refractivity (Wildman–Crippen MR) is 87.9 cm³/mol. The Balaban J connectivity index is 2.41. The fraction of sp³-hybridized carbons (Fsp3) is 0.562. The lowest BCUT2D eigenvalue weighted by atomic mass is 9.95. The van der Waals surface area contributed by atoms with Crippen molar-refractivity contribution in [1.29, 1.82) is 0 Å². The summed E-state index contributed by atoms with van der Waals surface area (Å²) in [5.41, 5.74) is 0. The zero-order valence-corrected chi connectivity index (χ0v) is 14.7. The van der Waals surface area contributed by atoms with E-state index in [0.29, 0.717) is 18.6 Å². The molecule has 1 saturated carbocycles. The van der Waals surface area contributed by atoms with E-state index in [0.717, 1.165) is 23.6 Å². The van der Waals surface area contributed by atoms with Crippen LogP contribution < -0.4 is 9.47 Å². The zero-order chi connectivity index (χ0) is 17.7. The van der Waals surface area contributed by atoms with Gasteiger partial charge in [-0.2, -0.15) is 4.31 Å². The monoisotopic (exact) mass is 357 g/mol. The third kappa shape index (κ3) is 3.99. The first-order valence-corrected chi connectivity index (χ1v) is 9.30. The maximum Gasteiger partial charge on any atom is 0.318 e. The molecular weight excluding hydrogens is 334 g/mol. The molecule has 0 aliphatic heterocycles. The Labute approximate surface area is 142 Å². The van der Waals surface area contributed by atoms with Gasteiger partial charge in [-0.15, -0.1) is 0 Å². The minimum absolute atomic E-state index is 0.00646. The number of hydrogen-bond acceptors (Lipinski definition) is 5. The molecule has 0 heterocycles. The number of benzene rings is 1. The second-order valence-corrected chi connectivity index (χ2v) is 7.64. The van der Waals surface area contributed by atoms with E-state index in [-0.39, 0.29) is 16.7 Å². The highest BCUT2D eigenvalue weighted by molar-refractivity contribution is 7.89. The van der Waals surface area contributed by atoms with Crippen LogP contribution in [0.4, 0.5) is 0 Å². The summed E-state index contributed by atoms with van der Waals surface area (Å²) in [5, 5.41) is 9.16. The second-order valence-electron chi connectivity index (χ2n) is 5.75. The summed E-state index contributed by atoms with van der Waals surface area (Å²) in [5.74, 6) is -0.457. The van der Waals surface area contributed by atoms with E-state index in [4.69, 9.17) is 14.6 Å². The van der Waals surface area contributed by atoms with Crippen molar-refractivity contribution in [1.82, 2.24) is 4.31 Å². The van der Waals surface area contributed by atoms with Gasteiger partial charge in [0.05, 0.1) is 19.1 Å². The van der Waals surface area contributed by atoms with Gasteiger partial charge >= 0.3 is 5.97 Å². The molecule has 1 N–H and O–H groups in total. The number of carboxylic acids is 1. The van der Waals surface area contributed by atoms with E-state index in [9.17, 15) is 13.2 Å². The van der Waals surface area contributed by atoms with Crippen LogP contribution in [0.15, 0.2) is 23.1 Å². The van der Waals surface area contributed by atoms with Gasteiger partial charge in [-0.1, -0.05) is 19.3 Å². The van der Waals surface area contributed by atoms with E-state index in [1.54, 1.807) is 0 Å². The molecule has 0 unspecified atom stereocenters. The lowest BCUT2D eigenvalue weighted by molar-refractivity contribution is -0.137. The largest absolute Gasteiger partial charge is 0.493 e. The van der Waals surface area contributed by atoms with Gasteiger partial charge in [-0.05, 0) is 25.0 Å². The number of methoxy groups -OCH3 is 2. The predicted octanol–water partition coefficient (Wildman–Crippen LogP) is 2.11. The molecule has 1 aliphatic rings. The van der Waals surface area contributed by atoms with Crippen molar-refractivity contribution >= 4 is 16.0 Å². The average Bonchev–Trinajstić information content (AvgIpc) is 2.59. The summed E-state index contributed by atoms with van der Waals surface area (Å²) in [7, 11) is -1.05. The molecule has 24 heavy (non-hydrogen) atoms.